The maximum atomic E-state index is 12.0. The van der Waals surface area contributed by atoms with E-state index in [9.17, 15) is 4.79 Å². The molecule has 2 rings (SSSR count). The molecule has 0 saturated heterocycles. The van der Waals surface area contributed by atoms with Gasteiger partial charge in [0.2, 0.25) is 5.91 Å². The van der Waals surface area contributed by atoms with Crippen LogP contribution < -0.4 is 5.32 Å². The van der Waals surface area contributed by atoms with Crippen LogP contribution in [-0.4, -0.2) is 18.7 Å². The molecular formula is C32H51NO2. The van der Waals surface area contributed by atoms with Crippen LogP contribution in [0, 0.1) is 12.8 Å². The summed E-state index contributed by atoms with van der Waals surface area (Å²) in [6.45, 7) is 16.8. The van der Waals surface area contributed by atoms with E-state index < -0.39 is 0 Å². The van der Waals surface area contributed by atoms with Crippen LogP contribution in [0.2, 0.25) is 0 Å². The molecule has 0 radical (unpaired) electrons. The highest BCUT2D eigenvalue weighted by molar-refractivity contribution is 5.79. The summed E-state index contributed by atoms with van der Waals surface area (Å²) in [6, 6.07) is 19.0. The van der Waals surface area contributed by atoms with Crippen LogP contribution >= 0.6 is 0 Å². The van der Waals surface area contributed by atoms with Gasteiger partial charge in [-0.05, 0) is 68.2 Å². The number of aryl methyl sites for hydroxylation is 2. The Morgan fingerprint density at radius 3 is 1.94 bits per heavy atom. The Morgan fingerprint density at radius 1 is 0.914 bits per heavy atom. The summed E-state index contributed by atoms with van der Waals surface area (Å²) >= 11 is 0. The molecule has 0 atom stereocenters. The normalized spacial score (nSPS) is 10.0. The molecule has 0 unspecified atom stereocenters. The number of carbonyl (C=O) groups is 2. The molecule has 0 heterocycles. The second kappa shape index (κ2) is 24.4. The van der Waals surface area contributed by atoms with Gasteiger partial charge in [-0.1, -0.05) is 109 Å². The minimum absolute atomic E-state index is 0.155. The summed E-state index contributed by atoms with van der Waals surface area (Å²) in [4.78, 5) is 20.8. The maximum absolute atomic E-state index is 12.0. The average molecular weight is 482 g/mol. The van der Waals surface area contributed by atoms with E-state index in [1.165, 1.54) is 42.0 Å². The second-order valence-electron chi connectivity index (χ2n) is 7.98. The van der Waals surface area contributed by atoms with Crippen LogP contribution in [0.15, 0.2) is 60.7 Å². The van der Waals surface area contributed by atoms with Crippen LogP contribution in [0.3, 0.4) is 0 Å². The maximum Gasteiger partial charge on any atom is 0.223 e. The summed E-state index contributed by atoms with van der Waals surface area (Å²) in [5.74, 6) is 0.350. The van der Waals surface area contributed by atoms with Gasteiger partial charge in [0.25, 0.3) is 0 Å². The molecule has 1 amide bonds. The van der Waals surface area contributed by atoms with Gasteiger partial charge in [-0.15, -0.1) is 0 Å². The molecule has 0 aromatic heterocycles. The number of hydrogen-bond donors (Lipinski definition) is 1. The van der Waals surface area contributed by atoms with Gasteiger partial charge in [0.05, 0.1) is 0 Å². The Bertz CT molecular complexity index is 792. The number of allylic oxidation sites excluding steroid dienone is 1. The van der Waals surface area contributed by atoms with Gasteiger partial charge in [-0.2, -0.15) is 0 Å². The molecule has 0 saturated carbocycles. The predicted octanol–water partition coefficient (Wildman–Crippen LogP) is 8.60. The highest BCUT2D eigenvalue weighted by atomic mass is 16.1. The Hall–Kier alpha value is -2.68. The van der Waals surface area contributed by atoms with E-state index in [2.05, 4.69) is 101 Å². The van der Waals surface area contributed by atoms with E-state index in [0.717, 1.165) is 38.5 Å². The van der Waals surface area contributed by atoms with Crippen LogP contribution in [0.4, 0.5) is 0 Å². The average Bonchev–Trinajstić information content (AvgIpc) is 2.88. The quantitative estimate of drug-likeness (QED) is 0.345. The Labute approximate surface area is 216 Å². The van der Waals surface area contributed by atoms with E-state index in [4.69, 9.17) is 4.79 Å². The Kier molecular flexibility index (Phi) is 24.1. The molecule has 1 N–H and O–H groups in total. The summed E-state index contributed by atoms with van der Waals surface area (Å²) in [5.41, 5.74) is 5.38. The topological polar surface area (TPSA) is 46.2 Å². The summed E-state index contributed by atoms with van der Waals surface area (Å²) < 4.78 is 0. The van der Waals surface area contributed by atoms with Crippen molar-refractivity contribution >= 4 is 17.8 Å². The number of carbonyl (C=O) groups excluding carboxylic acids is 2. The predicted molar refractivity (Wildman–Crippen MR) is 155 cm³/mol. The molecule has 2 aromatic rings. The first-order valence-corrected chi connectivity index (χ1v) is 13.4. The number of hydrogen-bond acceptors (Lipinski definition) is 2. The molecule has 3 heteroatoms. The van der Waals surface area contributed by atoms with Crippen molar-refractivity contribution in [2.45, 2.75) is 93.9 Å². The lowest BCUT2D eigenvalue weighted by Gasteiger charge is -2.15. The highest BCUT2D eigenvalue weighted by Gasteiger charge is 2.13. The van der Waals surface area contributed by atoms with Crippen molar-refractivity contribution < 1.29 is 9.59 Å². The minimum atomic E-state index is 0.155. The van der Waals surface area contributed by atoms with E-state index in [1.807, 2.05) is 13.8 Å². The molecule has 3 nitrogen and oxygen atoms in total. The van der Waals surface area contributed by atoms with E-state index in [0.29, 0.717) is 0 Å². The first kappa shape index (κ1) is 34.5. The van der Waals surface area contributed by atoms with Crippen molar-refractivity contribution in [3.8, 4) is 0 Å². The summed E-state index contributed by atoms with van der Waals surface area (Å²) in [5, 5.41) is 3.08. The molecule has 2 aromatic carbocycles. The number of amides is 1. The van der Waals surface area contributed by atoms with Gasteiger partial charge in [0, 0.05) is 12.5 Å². The first-order chi connectivity index (χ1) is 17.0. The molecule has 0 aliphatic carbocycles. The van der Waals surface area contributed by atoms with Crippen molar-refractivity contribution in [1.82, 2.24) is 5.32 Å². The van der Waals surface area contributed by atoms with E-state index in [1.54, 1.807) is 0 Å². The fraction of sp³-hybridized carbons (Fsp3) is 0.500. The van der Waals surface area contributed by atoms with Crippen molar-refractivity contribution in [3.63, 3.8) is 0 Å². The largest absolute Gasteiger partial charge is 0.356 e. The lowest BCUT2D eigenvalue weighted by atomic mass is 9.97. The van der Waals surface area contributed by atoms with Gasteiger partial charge < -0.3 is 10.1 Å². The monoisotopic (exact) mass is 481 g/mol. The number of benzene rings is 2. The molecule has 0 bridgehead atoms. The SMILES string of the molecule is CC.CC/C=C(/CCNC(=O)C(CC)CC)c1ccccc1C.CC=O.CCCc1ccccc1. The standard InChI is InChI=1S/C19H29NO.C9H12.C2H4O.C2H6/c1-5-10-17(18-12-9-8-11-15(18)4)13-14-20-19(21)16(6-2)7-3;1-2-6-9-7-4-3-5-8-9;1-2-3;1-2/h8-12,16H,5-7,13-14H2,1-4H3,(H,20,21);3-5,7-8H,2,6H2,1H3;2H,1H3;1-2H3/b17-10-;;;. The fourth-order valence-electron chi connectivity index (χ4n) is 3.58. The van der Waals surface area contributed by atoms with Crippen LogP contribution in [0.25, 0.3) is 5.57 Å². The molecule has 0 spiro atoms. The van der Waals surface area contributed by atoms with Gasteiger partial charge in [0.1, 0.15) is 6.29 Å². The van der Waals surface area contributed by atoms with Crippen molar-refractivity contribution in [1.29, 1.82) is 0 Å². The third-order valence-electron chi connectivity index (χ3n) is 5.37. The summed E-state index contributed by atoms with van der Waals surface area (Å²) in [6.07, 6.45) is 9.21. The first-order valence-electron chi connectivity index (χ1n) is 13.4. The smallest absolute Gasteiger partial charge is 0.223 e. The lowest BCUT2D eigenvalue weighted by molar-refractivity contribution is -0.125. The van der Waals surface area contributed by atoms with Crippen LogP contribution in [0.1, 0.15) is 97.3 Å². The van der Waals surface area contributed by atoms with Crippen LogP contribution in [-0.2, 0) is 16.0 Å². The zero-order valence-electron chi connectivity index (χ0n) is 23.7. The van der Waals surface area contributed by atoms with Gasteiger partial charge in [-0.25, -0.2) is 0 Å². The Morgan fingerprint density at radius 2 is 1.46 bits per heavy atom. The number of rotatable bonds is 10. The van der Waals surface area contributed by atoms with Crippen molar-refractivity contribution in [2.24, 2.45) is 5.92 Å². The second-order valence-corrected chi connectivity index (χ2v) is 7.98. The zero-order chi connectivity index (χ0) is 26.9. The number of aldehydes is 1. The molecular weight excluding hydrogens is 430 g/mol. The third-order valence-corrected chi connectivity index (χ3v) is 5.37. The highest BCUT2D eigenvalue weighted by Crippen LogP contribution is 2.22. The zero-order valence-corrected chi connectivity index (χ0v) is 23.7. The van der Waals surface area contributed by atoms with Gasteiger partial charge >= 0.3 is 0 Å². The fourth-order valence-corrected chi connectivity index (χ4v) is 3.58. The van der Waals surface area contributed by atoms with E-state index >= 15 is 0 Å². The molecule has 0 aliphatic rings. The third kappa shape index (κ3) is 16.6. The van der Waals surface area contributed by atoms with Crippen molar-refractivity contribution in [3.05, 3.63) is 77.4 Å². The van der Waals surface area contributed by atoms with Gasteiger partial charge in [0.15, 0.2) is 0 Å². The Balaban J connectivity index is 0. The van der Waals surface area contributed by atoms with E-state index in [-0.39, 0.29) is 11.8 Å². The molecule has 35 heavy (non-hydrogen) atoms. The van der Waals surface area contributed by atoms with Crippen molar-refractivity contribution in [2.75, 3.05) is 6.54 Å². The lowest BCUT2D eigenvalue weighted by Crippen LogP contribution is -2.31. The number of nitrogens with one attached hydrogen (secondary N) is 1. The minimum Gasteiger partial charge on any atom is -0.356 e. The van der Waals surface area contributed by atoms with Gasteiger partial charge in [-0.3, -0.25) is 4.79 Å². The van der Waals surface area contributed by atoms with Crippen LogP contribution in [0.5, 0.6) is 0 Å². The molecule has 0 aliphatic heterocycles. The molecule has 0 fully saturated rings. The summed E-state index contributed by atoms with van der Waals surface area (Å²) in [7, 11) is 0. The molecule has 196 valence electrons.